The summed E-state index contributed by atoms with van der Waals surface area (Å²) in [7, 11) is 0. The van der Waals surface area contributed by atoms with Crippen molar-refractivity contribution in [1.82, 2.24) is 4.90 Å². The van der Waals surface area contributed by atoms with Crippen molar-refractivity contribution in [3.05, 3.63) is 76.9 Å². The first kappa shape index (κ1) is 24.1. The molecule has 0 aromatic heterocycles. The molecule has 0 amide bonds. The minimum atomic E-state index is -0.681. The molecule has 2 aromatic rings. The van der Waals surface area contributed by atoms with Crippen LogP contribution < -0.4 is 0 Å². The Labute approximate surface area is 186 Å². The SMILES string of the molecule is Cc1ccccc1C(=CCOCCN1CCC[C@@H](C(=O)O)C1)c1ccccc1C.Cl. The summed E-state index contributed by atoms with van der Waals surface area (Å²) in [6, 6.07) is 16.9. The number of carboxylic acids is 1. The molecule has 1 atom stereocenters. The van der Waals surface area contributed by atoms with Crippen molar-refractivity contribution in [3.63, 3.8) is 0 Å². The number of benzene rings is 2. The highest BCUT2D eigenvalue weighted by Crippen LogP contribution is 2.28. The summed E-state index contributed by atoms with van der Waals surface area (Å²) in [5.41, 5.74) is 6.15. The fourth-order valence-corrected chi connectivity index (χ4v) is 3.99. The van der Waals surface area contributed by atoms with Crippen LogP contribution in [0.5, 0.6) is 0 Å². The topological polar surface area (TPSA) is 49.8 Å². The van der Waals surface area contributed by atoms with E-state index in [0.717, 1.165) is 25.9 Å². The molecule has 0 radical (unpaired) electrons. The maximum atomic E-state index is 11.2. The van der Waals surface area contributed by atoms with Crippen LogP contribution in [-0.2, 0) is 9.53 Å². The van der Waals surface area contributed by atoms with Crippen LogP contribution in [0.4, 0.5) is 0 Å². The standard InChI is InChI=1S/C25H31NO3.ClH/c1-19-8-3-5-11-22(19)24(23-12-6-4-9-20(23)2)13-16-29-17-15-26-14-7-10-21(18-26)25(27)28;/h3-6,8-9,11-13,21H,7,10,14-18H2,1-2H3,(H,27,28);1H/t21-;/m1./s1. The summed E-state index contributed by atoms with van der Waals surface area (Å²) in [6.45, 7) is 7.79. The van der Waals surface area contributed by atoms with Gasteiger partial charge in [-0.1, -0.05) is 54.6 Å². The van der Waals surface area contributed by atoms with E-state index in [4.69, 9.17) is 4.74 Å². The van der Waals surface area contributed by atoms with Crippen LogP contribution >= 0.6 is 12.4 Å². The molecule has 5 heteroatoms. The third-order valence-corrected chi connectivity index (χ3v) is 5.68. The second kappa shape index (κ2) is 11.9. The first-order valence-corrected chi connectivity index (χ1v) is 10.4. The van der Waals surface area contributed by atoms with Crippen LogP contribution in [0.15, 0.2) is 54.6 Å². The largest absolute Gasteiger partial charge is 0.481 e. The number of piperidine rings is 1. The van der Waals surface area contributed by atoms with Crippen LogP contribution in [0.2, 0.25) is 0 Å². The van der Waals surface area contributed by atoms with Crippen LogP contribution in [0.3, 0.4) is 0 Å². The second-order valence-electron chi connectivity index (χ2n) is 7.80. The van der Waals surface area contributed by atoms with Gasteiger partial charge in [0, 0.05) is 13.1 Å². The Bertz CT molecular complexity index is 817. The molecule has 0 bridgehead atoms. The molecule has 0 spiro atoms. The van der Waals surface area contributed by atoms with Gasteiger partial charge in [0.15, 0.2) is 0 Å². The fraction of sp³-hybridized carbons (Fsp3) is 0.400. The van der Waals surface area contributed by atoms with Crippen molar-refractivity contribution in [1.29, 1.82) is 0 Å². The van der Waals surface area contributed by atoms with Gasteiger partial charge in [-0.2, -0.15) is 0 Å². The Morgan fingerprint density at radius 3 is 2.27 bits per heavy atom. The lowest BCUT2D eigenvalue weighted by molar-refractivity contribution is -0.143. The van der Waals surface area contributed by atoms with Crippen LogP contribution in [0.1, 0.15) is 35.1 Å². The third kappa shape index (κ3) is 6.43. The molecule has 30 heavy (non-hydrogen) atoms. The number of aryl methyl sites for hydroxylation is 2. The quantitative estimate of drug-likeness (QED) is 0.602. The summed E-state index contributed by atoms with van der Waals surface area (Å²) < 4.78 is 5.92. The molecule has 162 valence electrons. The van der Waals surface area contributed by atoms with Crippen molar-refractivity contribution in [2.45, 2.75) is 26.7 Å². The van der Waals surface area contributed by atoms with Crippen LogP contribution in [-0.4, -0.2) is 48.8 Å². The van der Waals surface area contributed by atoms with Crippen LogP contribution in [0, 0.1) is 19.8 Å². The third-order valence-electron chi connectivity index (χ3n) is 5.68. The summed E-state index contributed by atoms with van der Waals surface area (Å²) >= 11 is 0. The Kier molecular flexibility index (Phi) is 9.57. The fourth-order valence-electron chi connectivity index (χ4n) is 3.99. The number of hydrogen-bond acceptors (Lipinski definition) is 3. The lowest BCUT2D eigenvalue weighted by Crippen LogP contribution is -2.40. The molecular weight excluding hydrogens is 398 g/mol. The van der Waals surface area contributed by atoms with E-state index in [1.807, 2.05) is 0 Å². The Morgan fingerprint density at radius 2 is 1.70 bits per heavy atom. The highest BCUT2D eigenvalue weighted by atomic mass is 35.5. The minimum Gasteiger partial charge on any atom is -0.481 e. The second-order valence-corrected chi connectivity index (χ2v) is 7.80. The summed E-state index contributed by atoms with van der Waals surface area (Å²) in [5.74, 6) is -0.919. The van der Waals surface area contributed by atoms with Gasteiger partial charge in [0.1, 0.15) is 0 Å². The molecule has 2 aromatic carbocycles. The number of ether oxygens (including phenoxy) is 1. The lowest BCUT2D eigenvalue weighted by atomic mass is 9.91. The number of halogens is 1. The monoisotopic (exact) mass is 429 g/mol. The molecule has 3 rings (SSSR count). The van der Waals surface area contributed by atoms with Gasteiger partial charge >= 0.3 is 5.97 Å². The molecule has 1 heterocycles. The normalized spacial score (nSPS) is 16.5. The number of hydrogen-bond donors (Lipinski definition) is 1. The van der Waals surface area contributed by atoms with Crippen molar-refractivity contribution in [3.8, 4) is 0 Å². The summed E-state index contributed by atoms with van der Waals surface area (Å²) in [5, 5.41) is 9.22. The lowest BCUT2D eigenvalue weighted by Gasteiger charge is -2.30. The predicted octanol–water partition coefficient (Wildman–Crippen LogP) is 4.97. The molecule has 1 saturated heterocycles. The molecule has 1 N–H and O–H groups in total. The van der Waals surface area contributed by atoms with Gasteiger partial charge < -0.3 is 14.7 Å². The first-order valence-electron chi connectivity index (χ1n) is 10.4. The molecule has 4 nitrogen and oxygen atoms in total. The highest BCUT2D eigenvalue weighted by molar-refractivity contribution is 5.85. The molecule has 1 aliphatic rings. The van der Waals surface area contributed by atoms with E-state index in [1.54, 1.807) is 0 Å². The van der Waals surface area contributed by atoms with E-state index in [9.17, 15) is 9.90 Å². The summed E-state index contributed by atoms with van der Waals surface area (Å²) in [4.78, 5) is 13.4. The predicted molar refractivity (Wildman–Crippen MR) is 124 cm³/mol. The molecule has 0 aliphatic carbocycles. The number of nitrogens with zero attached hydrogens (tertiary/aromatic N) is 1. The van der Waals surface area contributed by atoms with Gasteiger partial charge in [0.2, 0.25) is 0 Å². The number of likely N-dealkylation sites (tertiary alicyclic amines) is 1. The zero-order chi connectivity index (χ0) is 20.6. The number of aliphatic carboxylic acids is 1. The van der Waals surface area contributed by atoms with E-state index in [0.29, 0.717) is 19.8 Å². The van der Waals surface area contributed by atoms with E-state index in [2.05, 4.69) is 73.4 Å². The molecule has 0 saturated carbocycles. The highest BCUT2D eigenvalue weighted by Gasteiger charge is 2.24. The maximum absolute atomic E-state index is 11.2. The number of carbonyl (C=O) groups is 1. The van der Waals surface area contributed by atoms with E-state index >= 15 is 0 Å². The Hall–Kier alpha value is -2.14. The summed E-state index contributed by atoms with van der Waals surface area (Å²) in [6.07, 6.45) is 3.90. The van der Waals surface area contributed by atoms with Gasteiger partial charge in [-0.15, -0.1) is 12.4 Å². The van der Waals surface area contributed by atoms with E-state index in [-0.39, 0.29) is 18.3 Å². The van der Waals surface area contributed by atoms with Crippen molar-refractivity contribution < 1.29 is 14.6 Å². The zero-order valence-electron chi connectivity index (χ0n) is 17.8. The minimum absolute atomic E-state index is 0. The zero-order valence-corrected chi connectivity index (χ0v) is 18.7. The van der Waals surface area contributed by atoms with Crippen molar-refractivity contribution in [2.75, 3.05) is 32.8 Å². The van der Waals surface area contributed by atoms with Crippen LogP contribution in [0.25, 0.3) is 5.57 Å². The van der Waals surface area contributed by atoms with E-state index < -0.39 is 5.97 Å². The Morgan fingerprint density at radius 1 is 1.10 bits per heavy atom. The average Bonchev–Trinajstić information content (AvgIpc) is 2.72. The molecule has 1 aliphatic heterocycles. The molecular formula is C25H32ClNO3. The molecule has 1 fully saturated rings. The first-order chi connectivity index (χ1) is 14.1. The van der Waals surface area contributed by atoms with Gasteiger partial charge in [0.05, 0.1) is 19.1 Å². The van der Waals surface area contributed by atoms with Gasteiger partial charge in [-0.05, 0) is 61.1 Å². The van der Waals surface area contributed by atoms with E-state index in [1.165, 1.54) is 27.8 Å². The molecule has 0 unspecified atom stereocenters. The van der Waals surface area contributed by atoms with Gasteiger partial charge in [0.25, 0.3) is 0 Å². The Balaban J connectivity index is 0.00000320. The van der Waals surface area contributed by atoms with Gasteiger partial charge in [-0.25, -0.2) is 0 Å². The van der Waals surface area contributed by atoms with Crippen molar-refractivity contribution in [2.24, 2.45) is 5.92 Å². The number of carboxylic acid groups (broad SMARTS) is 1. The number of rotatable bonds is 8. The van der Waals surface area contributed by atoms with Gasteiger partial charge in [-0.3, -0.25) is 4.79 Å². The van der Waals surface area contributed by atoms with Crippen molar-refractivity contribution >= 4 is 23.9 Å². The maximum Gasteiger partial charge on any atom is 0.307 e. The smallest absolute Gasteiger partial charge is 0.307 e. The average molecular weight is 430 g/mol.